The quantitative estimate of drug-likeness (QED) is 0.770. The van der Waals surface area contributed by atoms with Crippen molar-refractivity contribution in [2.45, 2.75) is 31.7 Å². The standard InChI is InChI=1S/C10H20N2O3S2/c1-3-8(10(11)13)12-5-6-16-7-9(12)17(14,15)4-2/h8-9H,3-7H2,1-2H3,(H2,11,13). The third kappa shape index (κ3) is 3.35. The molecule has 1 amide bonds. The average molecular weight is 280 g/mol. The molecule has 7 heteroatoms. The van der Waals surface area contributed by atoms with E-state index < -0.39 is 27.2 Å². The van der Waals surface area contributed by atoms with E-state index in [9.17, 15) is 13.2 Å². The predicted molar refractivity (Wildman–Crippen MR) is 70.6 cm³/mol. The fourth-order valence-electron chi connectivity index (χ4n) is 2.05. The van der Waals surface area contributed by atoms with Gasteiger partial charge in [0.25, 0.3) is 0 Å². The number of amides is 1. The molecule has 2 N–H and O–H groups in total. The first kappa shape index (κ1) is 14.8. The maximum atomic E-state index is 12.0. The van der Waals surface area contributed by atoms with E-state index in [2.05, 4.69) is 0 Å². The van der Waals surface area contributed by atoms with Crippen molar-refractivity contribution in [1.82, 2.24) is 4.90 Å². The van der Waals surface area contributed by atoms with Crippen LogP contribution in [0.15, 0.2) is 0 Å². The van der Waals surface area contributed by atoms with E-state index in [1.807, 2.05) is 6.92 Å². The lowest BCUT2D eigenvalue weighted by Gasteiger charge is -2.38. The number of rotatable bonds is 5. The average Bonchev–Trinajstić information content (AvgIpc) is 2.30. The Morgan fingerprint density at radius 3 is 2.65 bits per heavy atom. The molecule has 1 heterocycles. The van der Waals surface area contributed by atoms with Gasteiger partial charge >= 0.3 is 0 Å². The van der Waals surface area contributed by atoms with E-state index in [-0.39, 0.29) is 5.75 Å². The third-order valence-corrected chi connectivity index (χ3v) is 6.36. The molecule has 2 atom stereocenters. The first-order valence-electron chi connectivity index (χ1n) is 5.78. The van der Waals surface area contributed by atoms with Gasteiger partial charge in [-0.2, -0.15) is 11.8 Å². The second kappa shape index (κ2) is 6.06. The molecule has 0 saturated carbocycles. The number of thioether (sulfide) groups is 1. The lowest BCUT2D eigenvalue weighted by Crippen LogP contribution is -2.56. The number of nitrogens with two attached hydrogens (primary N) is 1. The molecule has 0 aliphatic carbocycles. The fraction of sp³-hybridized carbons (Fsp3) is 0.900. The molecule has 1 saturated heterocycles. The van der Waals surface area contributed by atoms with Crippen LogP contribution in [0, 0.1) is 0 Å². The SMILES string of the molecule is CCC(C(N)=O)N1CCSCC1S(=O)(=O)CC. The summed E-state index contributed by atoms with van der Waals surface area (Å²) in [6.45, 7) is 4.10. The highest BCUT2D eigenvalue weighted by molar-refractivity contribution is 8.01. The molecule has 0 aromatic rings. The Morgan fingerprint density at radius 2 is 2.18 bits per heavy atom. The zero-order valence-corrected chi connectivity index (χ0v) is 11.9. The van der Waals surface area contributed by atoms with Crippen LogP contribution >= 0.6 is 11.8 Å². The summed E-state index contributed by atoms with van der Waals surface area (Å²) in [5.41, 5.74) is 5.34. The monoisotopic (exact) mass is 280 g/mol. The van der Waals surface area contributed by atoms with E-state index in [4.69, 9.17) is 5.73 Å². The molecule has 0 spiro atoms. The lowest BCUT2D eigenvalue weighted by molar-refractivity contribution is -0.123. The Balaban J connectivity index is 2.97. The maximum Gasteiger partial charge on any atom is 0.234 e. The third-order valence-electron chi connectivity index (χ3n) is 3.06. The van der Waals surface area contributed by atoms with Gasteiger partial charge in [0.05, 0.1) is 6.04 Å². The van der Waals surface area contributed by atoms with Crippen LogP contribution in [0.1, 0.15) is 20.3 Å². The van der Waals surface area contributed by atoms with Crippen molar-refractivity contribution in [2.24, 2.45) is 5.73 Å². The molecule has 0 radical (unpaired) electrons. The molecule has 1 aliphatic rings. The second-order valence-electron chi connectivity index (χ2n) is 4.05. The summed E-state index contributed by atoms with van der Waals surface area (Å²) in [6.07, 6.45) is 0.551. The molecular weight excluding hydrogens is 260 g/mol. The van der Waals surface area contributed by atoms with E-state index >= 15 is 0 Å². The Hall–Kier alpha value is -0.270. The summed E-state index contributed by atoms with van der Waals surface area (Å²) in [5, 5.41) is -0.566. The summed E-state index contributed by atoms with van der Waals surface area (Å²) < 4.78 is 24.0. The Morgan fingerprint density at radius 1 is 1.53 bits per heavy atom. The van der Waals surface area contributed by atoms with Crippen molar-refractivity contribution in [3.8, 4) is 0 Å². The van der Waals surface area contributed by atoms with Crippen LogP contribution in [-0.2, 0) is 14.6 Å². The first-order chi connectivity index (χ1) is 7.94. The molecule has 5 nitrogen and oxygen atoms in total. The largest absolute Gasteiger partial charge is 0.368 e. The number of sulfone groups is 1. The summed E-state index contributed by atoms with van der Waals surface area (Å²) in [7, 11) is -3.16. The molecule has 17 heavy (non-hydrogen) atoms. The molecule has 1 rings (SSSR count). The van der Waals surface area contributed by atoms with Crippen molar-refractivity contribution < 1.29 is 13.2 Å². The van der Waals surface area contributed by atoms with E-state index in [0.29, 0.717) is 18.7 Å². The van der Waals surface area contributed by atoms with E-state index in [0.717, 1.165) is 5.75 Å². The van der Waals surface area contributed by atoms with Gasteiger partial charge in [-0.15, -0.1) is 0 Å². The predicted octanol–water partition coefficient (Wildman–Crippen LogP) is 0.0599. The summed E-state index contributed by atoms with van der Waals surface area (Å²) >= 11 is 1.62. The van der Waals surface area contributed by atoms with Crippen molar-refractivity contribution in [1.29, 1.82) is 0 Å². The second-order valence-corrected chi connectivity index (χ2v) is 7.64. The normalized spacial score (nSPS) is 24.5. The van der Waals surface area contributed by atoms with Crippen LogP contribution in [0.5, 0.6) is 0 Å². The van der Waals surface area contributed by atoms with Gasteiger partial charge in [-0.25, -0.2) is 8.42 Å². The van der Waals surface area contributed by atoms with Crippen molar-refractivity contribution >= 4 is 27.5 Å². The molecule has 1 fully saturated rings. The number of primary amides is 1. The van der Waals surface area contributed by atoms with Gasteiger partial charge < -0.3 is 5.73 Å². The number of hydrogen-bond acceptors (Lipinski definition) is 5. The summed E-state index contributed by atoms with van der Waals surface area (Å²) in [4.78, 5) is 13.1. The topological polar surface area (TPSA) is 80.5 Å². The van der Waals surface area contributed by atoms with Crippen LogP contribution in [-0.4, -0.2) is 54.4 Å². The van der Waals surface area contributed by atoms with Crippen molar-refractivity contribution in [2.75, 3.05) is 23.8 Å². The van der Waals surface area contributed by atoms with Gasteiger partial charge in [0, 0.05) is 23.8 Å². The van der Waals surface area contributed by atoms with E-state index in [1.54, 1.807) is 23.6 Å². The maximum absolute atomic E-state index is 12.0. The van der Waals surface area contributed by atoms with Gasteiger partial charge in [-0.1, -0.05) is 13.8 Å². The van der Waals surface area contributed by atoms with Gasteiger partial charge in [0.15, 0.2) is 9.84 Å². The molecule has 0 bridgehead atoms. The van der Waals surface area contributed by atoms with Gasteiger partial charge in [0.2, 0.25) is 5.91 Å². The highest BCUT2D eigenvalue weighted by atomic mass is 32.2. The smallest absolute Gasteiger partial charge is 0.234 e. The first-order valence-corrected chi connectivity index (χ1v) is 8.65. The number of nitrogens with zero attached hydrogens (tertiary/aromatic N) is 1. The van der Waals surface area contributed by atoms with Crippen LogP contribution in [0.3, 0.4) is 0 Å². The minimum atomic E-state index is -3.16. The fourth-order valence-corrected chi connectivity index (χ4v) is 5.12. The highest BCUT2D eigenvalue weighted by Crippen LogP contribution is 2.24. The Bertz CT molecular complexity index is 370. The minimum Gasteiger partial charge on any atom is -0.368 e. The highest BCUT2D eigenvalue weighted by Gasteiger charge is 2.38. The summed E-state index contributed by atoms with van der Waals surface area (Å²) in [6, 6.07) is -0.470. The molecule has 0 aromatic carbocycles. The molecule has 1 aliphatic heterocycles. The molecular formula is C10H20N2O3S2. The minimum absolute atomic E-state index is 0.101. The number of carbonyl (C=O) groups excluding carboxylic acids is 1. The van der Waals surface area contributed by atoms with Crippen LogP contribution in [0.2, 0.25) is 0 Å². The van der Waals surface area contributed by atoms with E-state index in [1.165, 1.54) is 0 Å². The zero-order valence-electron chi connectivity index (χ0n) is 10.3. The Kier molecular flexibility index (Phi) is 5.27. The van der Waals surface area contributed by atoms with Crippen LogP contribution in [0.25, 0.3) is 0 Å². The van der Waals surface area contributed by atoms with Crippen molar-refractivity contribution in [3.05, 3.63) is 0 Å². The molecule has 2 unspecified atom stereocenters. The number of carbonyl (C=O) groups is 1. The van der Waals surface area contributed by atoms with Gasteiger partial charge in [-0.3, -0.25) is 9.69 Å². The lowest BCUT2D eigenvalue weighted by atomic mass is 10.2. The Labute approximate surface area is 107 Å². The van der Waals surface area contributed by atoms with Crippen LogP contribution in [0.4, 0.5) is 0 Å². The van der Waals surface area contributed by atoms with Crippen molar-refractivity contribution in [3.63, 3.8) is 0 Å². The summed E-state index contributed by atoms with van der Waals surface area (Å²) in [5.74, 6) is 1.04. The molecule has 100 valence electrons. The van der Waals surface area contributed by atoms with Crippen LogP contribution < -0.4 is 5.73 Å². The van der Waals surface area contributed by atoms with Gasteiger partial charge in [-0.05, 0) is 6.42 Å². The molecule has 0 aromatic heterocycles. The van der Waals surface area contributed by atoms with Gasteiger partial charge in [0.1, 0.15) is 5.37 Å². The number of hydrogen-bond donors (Lipinski definition) is 1. The zero-order chi connectivity index (χ0) is 13.1.